The summed E-state index contributed by atoms with van der Waals surface area (Å²) in [5, 5.41) is 1.96. The van der Waals surface area contributed by atoms with Gasteiger partial charge in [0.1, 0.15) is 0 Å². The van der Waals surface area contributed by atoms with E-state index in [-0.39, 0.29) is 10.7 Å². The third-order valence-corrected chi connectivity index (χ3v) is 7.90. The van der Waals surface area contributed by atoms with Crippen molar-refractivity contribution in [3.8, 4) is 0 Å². The van der Waals surface area contributed by atoms with E-state index in [1.807, 2.05) is 0 Å². The van der Waals surface area contributed by atoms with Crippen LogP contribution in [0, 0.1) is 11.3 Å². The Labute approximate surface area is 135 Å². The van der Waals surface area contributed by atoms with Crippen LogP contribution in [0.3, 0.4) is 0 Å². The maximum absolute atomic E-state index is 12.1. The molecule has 1 saturated carbocycles. The Morgan fingerprint density at radius 3 is 3.05 bits per heavy atom. The summed E-state index contributed by atoms with van der Waals surface area (Å²) in [5.41, 5.74) is -0.0424. The van der Waals surface area contributed by atoms with Crippen LogP contribution in [0.25, 0.3) is 0 Å². The minimum absolute atomic E-state index is 0.0424. The molecule has 0 aromatic carbocycles. The summed E-state index contributed by atoms with van der Waals surface area (Å²) < 4.78 is 32.8. The second-order valence-electron chi connectivity index (χ2n) is 6.89. The number of fused-ring (bicyclic) bond motifs is 1. The highest BCUT2D eigenvalue weighted by molar-refractivity contribution is 7.90. The Bertz CT molecular complexity index is 627. The molecule has 0 radical (unpaired) electrons. The molecular weight excluding hydrogens is 320 g/mol. The minimum Gasteiger partial charge on any atom is -0.380 e. The zero-order chi connectivity index (χ0) is 15.2. The first-order valence-corrected chi connectivity index (χ1v) is 10.3. The fraction of sp³-hybridized carbons (Fsp3) is 0.733. The zero-order valence-electron chi connectivity index (χ0n) is 12.5. The summed E-state index contributed by atoms with van der Waals surface area (Å²) in [6.07, 6.45) is 1.62. The second-order valence-corrected chi connectivity index (χ2v) is 9.97. The number of nitrogens with one attached hydrogen (secondary N) is 1. The average molecular weight is 342 g/mol. The van der Waals surface area contributed by atoms with Gasteiger partial charge in [-0.1, -0.05) is 6.07 Å². The van der Waals surface area contributed by atoms with Gasteiger partial charge in [-0.25, -0.2) is 13.1 Å². The lowest BCUT2D eigenvalue weighted by atomic mass is 9.81. The van der Waals surface area contributed by atoms with Gasteiger partial charge >= 0.3 is 0 Å². The van der Waals surface area contributed by atoms with E-state index >= 15 is 0 Å². The standard InChI is InChI=1S/C15H22N2O3S2/c18-22(19,14-3-4-14)16-9-15-10-17(6-12(15)8-20-11-15)7-13-2-1-5-21-13/h1-2,5,12,14,16H,3-4,6-11H2/t12-,15+/m0/s1. The van der Waals surface area contributed by atoms with E-state index in [9.17, 15) is 8.42 Å². The lowest BCUT2D eigenvalue weighted by Gasteiger charge is -2.27. The molecule has 22 heavy (non-hydrogen) atoms. The number of hydrogen-bond donors (Lipinski definition) is 1. The highest BCUT2D eigenvalue weighted by Gasteiger charge is 2.51. The maximum atomic E-state index is 12.1. The summed E-state index contributed by atoms with van der Waals surface area (Å²) in [6.45, 7) is 4.84. The number of hydrogen-bond acceptors (Lipinski definition) is 5. The first-order chi connectivity index (χ1) is 10.6. The largest absolute Gasteiger partial charge is 0.380 e. The van der Waals surface area contributed by atoms with Gasteiger partial charge in [-0.05, 0) is 24.3 Å². The molecule has 0 bridgehead atoms. The van der Waals surface area contributed by atoms with Gasteiger partial charge in [0.05, 0.1) is 18.5 Å². The van der Waals surface area contributed by atoms with Crippen LogP contribution in [-0.4, -0.2) is 51.4 Å². The van der Waals surface area contributed by atoms with Crippen molar-refractivity contribution in [1.29, 1.82) is 0 Å². The van der Waals surface area contributed by atoms with Crippen LogP contribution < -0.4 is 4.72 Å². The van der Waals surface area contributed by atoms with Crippen LogP contribution in [0.2, 0.25) is 0 Å². The molecule has 122 valence electrons. The second kappa shape index (κ2) is 5.56. The van der Waals surface area contributed by atoms with E-state index in [0.717, 1.165) is 39.1 Å². The molecule has 1 aromatic rings. The van der Waals surface area contributed by atoms with E-state index in [4.69, 9.17) is 4.74 Å². The molecule has 3 fully saturated rings. The summed E-state index contributed by atoms with van der Waals surface area (Å²) in [4.78, 5) is 3.82. The molecule has 1 N–H and O–H groups in total. The van der Waals surface area contributed by atoms with E-state index in [0.29, 0.717) is 19.1 Å². The monoisotopic (exact) mass is 342 g/mol. The number of nitrogens with zero attached hydrogens (tertiary/aromatic N) is 1. The normalized spacial score (nSPS) is 32.5. The Kier molecular flexibility index (Phi) is 3.81. The zero-order valence-corrected chi connectivity index (χ0v) is 14.2. The van der Waals surface area contributed by atoms with Crippen molar-refractivity contribution in [3.63, 3.8) is 0 Å². The van der Waals surface area contributed by atoms with E-state index < -0.39 is 10.0 Å². The van der Waals surface area contributed by atoms with Crippen molar-refractivity contribution in [2.45, 2.75) is 24.6 Å². The van der Waals surface area contributed by atoms with Crippen LogP contribution >= 0.6 is 11.3 Å². The van der Waals surface area contributed by atoms with Gasteiger partial charge in [-0.3, -0.25) is 4.90 Å². The predicted molar refractivity (Wildman–Crippen MR) is 86.3 cm³/mol. The molecule has 0 amide bonds. The Morgan fingerprint density at radius 2 is 2.32 bits per heavy atom. The van der Waals surface area contributed by atoms with Crippen LogP contribution in [0.15, 0.2) is 17.5 Å². The van der Waals surface area contributed by atoms with Gasteiger partial charge in [0.15, 0.2) is 0 Å². The number of rotatable bonds is 6. The van der Waals surface area contributed by atoms with Crippen molar-refractivity contribution in [1.82, 2.24) is 9.62 Å². The van der Waals surface area contributed by atoms with Crippen molar-refractivity contribution < 1.29 is 13.2 Å². The number of sulfonamides is 1. The fourth-order valence-corrected chi connectivity index (χ4v) is 5.90. The van der Waals surface area contributed by atoms with Gasteiger partial charge in [0, 0.05) is 42.4 Å². The molecular formula is C15H22N2O3S2. The van der Waals surface area contributed by atoms with Crippen molar-refractivity contribution in [3.05, 3.63) is 22.4 Å². The summed E-state index contributed by atoms with van der Waals surface area (Å²) in [5.74, 6) is 0.439. The number of thiophene rings is 1. The van der Waals surface area contributed by atoms with Gasteiger partial charge in [0.25, 0.3) is 0 Å². The summed E-state index contributed by atoms with van der Waals surface area (Å²) in [7, 11) is -3.11. The van der Waals surface area contributed by atoms with Crippen LogP contribution in [0.1, 0.15) is 17.7 Å². The molecule has 1 aliphatic carbocycles. The number of ether oxygens (including phenoxy) is 1. The van der Waals surface area contributed by atoms with Crippen molar-refractivity contribution >= 4 is 21.4 Å². The van der Waals surface area contributed by atoms with Crippen molar-refractivity contribution in [2.75, 3.05) is 32.8 Å². The van der Waals surface area contributed by atoms with Crippen LogP contribution in [-0.2, 0) is 21.3 Å². The Morgan fingerprint density at radius 1 is 1.45 bits per heavy atom. The molecule has 0 unspecified atom stereocenters. The van der Waals surface area contributed by atoms with E-state index in [2.05, 4.69) is 27.1 Å². The van der Waals surface area contributed by atoms with Crippen LogP contribution in [0.5, 0.6) is 0 Å². The van der Waals surface area contributed by atoms with Crippen LogP contribution in [0.4, 0.5) is 0 Å². The molecule has 3 heterocycles. The molecule has 1 aromatic heterocycles. The first kappa shape index (κ1) is 15.1. The van der Waals surface area contributed by atoms with Crippen molar-refractivity contribution in [2.24, 2.45) is 11.3 Å². The molecule has 4 rings (SSSR count). The molecule has 2 atom stereocenters. The summed E-state index contributed by atoms with van der Waals surface area (Å²) in [6, 6.07) is 4.25. The molecule has 7 heteroatoms. The molecule has 2 saturated heterocycles. The first-order valence-electron chi connectivity index (χ1n) is 7.88. The minimum atomic E-state index is -3.11. The quantitative estimate of drug-likeness (QED) is 0.846. The highest BCUT2D eigenvalue weighted by Crippen LogP contribution is 2.42. The average Bonchev–Trinajstić information content (AvgIpc) is 2.95. The molecule has 3 aliphatic rings. The smallest absolute Gasteiger partial charge is 0.214 e. The molecule has 0 spiro atoms. The lowest BCUT2D eigenvalue weighted by molar-refractivity contribution is 0.128. The predicted octanol–water partition coefficient (Wildman–Crippen LogP) is 1.28. The van der Waals surface area contributed by atoms with E-state index in [1.54, 1.807) is 11.3 Å². The molecule has 5 nitrogen and oxygen atoms in total. The van der Waals surface area contributed by atoms with E-state index in [1.165, 1.54) is 4.88 Å². The van der Waals surface area contributed by atoms with Gasteiger partial charge in [-0.15, -0.1) is 11.3 Å². The maximum Gasteiger partial charge on any atom is 0.214 e. The third-order valence-electron chi connectivity index (χ3n) is 5.14. The van der Waals surface area contributed by atoms with Gasteiger partial charge in [0.2, 0.25) is 10.0 Å². The number of likely N-dealkylation sites (tertiary alicyclic amines) is 1. The Balaban J connectivity index is 1.42. The fourth-order valence-electron chi connectivity index (χ4n) is 3.68. The SMILES string of the molecule is O=S(=O)(NC[C@@]12COC[C@@H]1CN(Cc1cccs1)C2)C1CC1. The molecule has 2 aliphatic heterocycles. The Hall–Kier alpha value is -0.470. The van der Waals surface area contributed by atoms with Gasteiger partial charge < -0.3 is 4.74 Å². The topological polar surface area (TPSA) is 58.6 Å². The highest BCUT2D eigenvalue weighted by atomic mass is 32.2. The third kappa shape index (κ3) is 2.85. The van der Waals surface area contributed by atoms with Gasteiger partial charge in [-0.2, -0.15) is 0 Å². The lowest BCUT2D eigenvalue weighted by Crippen LogP contribution is -2.43. The summed E-state index contributed by atoms with van der Waals surface area (Å²) >= 11 is 1.78.